The van der Waals surface area contributed by atoms with Gasteiger partial charge in [0, 0.05) is 26.2 Å². The molecule has 0 aliphatic carbocycles. The van der Waals surface area contributed by atoms with Crippen molar-refractivity contribution >= 4 is 0 Å². The maximum atomic E-state index is 10.6. The van der Waals surface area contributed by atoms with Crippen LogP contribution in [0.25, 0.3) is 0 Å². The topological polar surface area (TPSA) is 41.9 Å². The van der Waals surface area contributed by atoms with Crippen LogP contribution in [-0.2, 0) is 9.47 Å². The van der Waals surface area contributed by atoms with E-state index in [1.807, 2.05) is 0 Å². The van der Waals surface area contributed by atoms with Gasteiger partial charge in [0.1, 0.15) is 0 Å². The van der Waals surface area contributed by atoms with Crippen molar-refractivity contribution < 1.29 is 14.6 Å². The Balaban J connectivity index is 1.39. The number of hydrogen-bond acceptors (Lipinski definition) is 4. The van der Waals surface area contributed by atoms with Gasteiger partial charge in [-0.25, -0.2) is 0 Å². The first-order valence-corrected chi connectivity index (χ1v) is 9.82. The number of benzene rings is 1. The monoisotopic (exact) mass is 347 g/mol. The Bertz CT molecular complexity index is 514. The molecule has 2 aliphatic rings. The van der Waals surface area contributed by atoms with Gasteiger partial charge in [-0.2, -0.15) is 0 Å². The molecule has 2 atom stereocenters. The number of rotatable bonds is 6. The largest absolute Gasteiger partial charge is 0.387 e. The van der Waals surface area contributed by atoms with Crippen molar-refractivity contribution in [3.8, 4) is 0 Å². The SMILES string of the molecule is Cc1cc(C)cc(C(O)CN2CCC(OCC3CCCCO3)CC2)c1. The predicted molar refractivity (Wildman–Crippen MR) is 99.9 cm³/mol. The van der Waals surface area contributed by atoms with E-state index in [9.17, 15) is 5.11 Å². The Morgan fingerprint density at radius 1 is 1.12 bits per heavy atom. The summed E-state index contributed by atoms with van der Waals surface area (Å²) in [6, 6.07) is 6.34. The molecule has 0 spiro atoms. The van der Waals surface area contributed by atoms with Gasteiger partial charge in [0.15, 0.2) is 0 Å². The second-order valence-electron chi connectivity index (χ2n) is 7.76. The minimum absolute atomic E-state index is 0.304. The van der Waals surface area contributed by atoms with Gasteiger partial charge in [-0.1, -0.05) is 29.3 Å². The summed E-state index contributed by atoms with van der Waals surface area (Å²) >= 11 is 0. The van der Waals surface area contributed by atoms with Crippen LogP contribution in [0.4, 0.5) is 0 Å². The van der Waals surface area contributed by atoms with E-state index in [0.717, 1.165) is 51.1 Å². The van der Waals surface area contributed by atoms with Crippen LogP contribution >= 0.6 is 0 Å². The molecular weight excluding hydrogens is 314 g/mol. The van der Waals surface area contributed by atoms with Gasteiger partial charge in [0.05, 0.1) is 24.9 Å². The van der Waals surface area contributed by atoms with Gasteiger partial charge >= 0.3 is 0 Å². The standard InChI is InChI=1S/C21H33NO3/c1-16-11-17(2)13-18(12-16)21(23)14-22-8-6-19(7-9-22)25-15-20-5-3-4-10-24-20/h11-13,19-21,23H,3-10,14-15H2,1-2H3. The molecule has 0 radical (unpaired) electrons. The second-order valence-corrected chi connectivity index (χ2v) is 7.76. The van der Waals surface area contributed by atoms with Crippen LogP contribution in [0.3, 0.4) is 0 Å². The molecule has 2 unspecified atom stereocenters. The molecule has 0 aromatic heterocycles. The lowest BCUT2D eigenvalue weighted by Crippen LogP contribution is -2.40. The molecular formula is C21H33NO3. The second kappa shape index (κ2) is 9.13. The van der Waals surface area contributed by atoms with Crippen LogP contribution in [0, 0.1) is 13.8 Å². The van der Waals surface area contributed by atoms with Crippen LogP contribution < -0.4 is 0 Å². The molecule has 1 N–H and O–H groups in total. The van der Waals surface area contributed by atoms with Gasteiger partial charge in [-0.3, -0.25) is 0 Å². The first kappa shape index (κ1) is 18.8. The molecule has 2 fully saturated rings. The molecule has 0 bridgehead atoms. The van der Waals surface area contributed by atoms with E-state index in [1.165, 1.54) is 24.0 Å². The van der Waals surface area contributed by atoms with Gasteiger partial charge in [0.25, 0.3) is 0 Å². The fraction of sp³-hybridized carbons (Fsp3) is 0.714. The number of aryl methyl sites for hydroxylation is 2. The zero-order valence-electron chi connectivity index (χ0n) is 15.7. The highest BCUT2D eigenvalue weighted by Crippen LogP contribution is 2.22. The summed E-state index contributed by atoms with van der Waals surface area (Å²) in [6.07, 6.45) is 5.94. The number of aliphatic hydroxyl groups excluding tert-OH is 1. The summed E-state index contributed by atoms with van der Waals surface area (Å²) in [7, 11) is 0. The Hall–Kier alpha value is -0.940. The summed E-state index contributed by atoms with van der Waals surface area (Å²) in [6.45, 7) is 8.51. The fourth-order valence-electron chi connectivity index (χ4n) is 3.99. The highest BCUT2D eigenvalue weighted by atomic mass is 16.5. The number of hydrogen-bond donors (Lipinski definition) is 1. The number of nitrogens with zero attached hydrogens (tertiary/aromatic N) is 1. The Morgan fingerprint density at radius 3 is 2.48 bits per heavy atom. The van der Waals surface area contributed by atoms with Crippen LogP contribution in [-0.4, -0.2) is 55.1 Å². The normalized spacial score (nSPS) is 24.4. The molecule has 3 rings (SSSR count). The number of ether oxygens (including phenoxy) is 2. The average Bonchev–Trinajstić information content (AvgIpc) is 2.61. The Morgan fingerprint density at radius 2 is 1.84 bits per heavy atom. The van der Waals surface area contributed by atoms with E-state index in [-0.39, 0.29) is 0 Å². The summed E-state index contributed by atoms with van der Waals surface area (Å²) in [5.74, 6) is 0. The zero-order valence-corrected chi connectivity index (χ0v) is 15.7. The first-order chi connectivity index (χ1) is 12.1. The minimum Gasteiger partial charge on any atom is -0.387 e. The van der Waals surface area contributed by atoms with Gasteiger partial charge in [-0.05, 0) is 51.5 Å². The molecule has 1 aromatic rings. The maximum absolute atomic E-state index is 10.6. The number of aliphatic hydroxyl groups is 1. The zero-order chi connectivity index (χ0) is 17.6. The molecule has 2 aliphatic heterocycles. The van der Waals surface area contributed by atoms with Crippen molar-refractivity contribution in [2.24, 2.45) is 0 Å². The van der Waals surface area contributed by atoms with E-state index in [1.54, 1.807) is 0 Å². The quantitative estimate of drug-likeness (QED) is 0.856. The number of likely N-dealkylation sites (tertiary alicyclic amines) is 1. The van der Waals surface area contributed by atoms with Gasteiger partial charge in [0.2, 0.25) is 0 Å². The molecule has 4 nitrogen and oxygen atoms in total. The van der Waals surface area contributed by atoms with E-state index in [0.29, 0.717) is 18.8 Å². The highest BCUT2D eigenvalue weighted by molar-refractivity contribution is 5.30. The summed E-state index contributed by atoms with van der Waals surface area (Å²) in [4.78, 5) is 2.36. The minimum atomic E-state index is -0.410. The number of β-amino-alcohol motifs (C(OH)–C–C–N with tert-alkyl or cyclic N) is 1. The van der Waals surface area contributed by atoms with Gasteiger partial charge in [-0.15, -0.1) is 0 Å². The number of piperidine rings is 1. The van der Waals surface area contributed by atoms with Crippen molar-refractivity contribution in [1.29, 1.82) is 0 Å². The maximum Gasteiger partial charge on any atom is 0.0917 e. The van der Waals surface area contributed by atoms with Crippen molar-refractivity contribution in [1.82, 2.24) is 4.90 Å². The van der Waals surface area contributed by atoms with E-state index in [2.05, 4.69) is 36.9 Å². The molecule has 2 heterocycles. The molecule has 0 saturated carbocycles. The highest BCUT2D eigenvalue weighted by Gasteiger charge is 2.23. The molecule has 1 aromatic carbocycles. The predicted octanol–water partition coefficient (Wildman–Crippen LogP) is 3.39. The molecule has 2 saturated heterocycles. The lowest BCUT2D eigenvalue weighted by Gasteiger charge is -2.34. The molecule has 4 heteroatoms. The van der Waals surface area contributed by atoms with Gasteiger partial charge < -0.3 is 19.5 Å². The van der Waals surface area contributed by atoms with E-state index in [4.69, 9.17) is 9.47 Å². The smallest absolute Gasteiger partial charge is 0.0917 e. The Kier molecular flexibility index (Phi) is 6.88. The van der Waals surface area contributed by atoms with Crippen molar-refractivity contribution in [3.63, 3.8) is 0 Å². The van der Waals surface area contributed by atoms with E-state index < -0.39 is 6.10 Å². The third-order valence-corrected chi connectivity index (χ3v) is 5.39. The summed E-state index contributed by atoms with van der Waals surface area (Å²) in [5, 5.41) is 10.6. The van der Waals surface area contributed by atoms with Crippen molar-refractivity contribution in [2.45, 2.75) is 64.3 Å². The molecule has 0 amide bonds. The third-order valence-electron chi connectivity index (χ3n) is 5.39. The Labute approximate surface area is 152 Å². The van der Waals surface area contributed by atoms with Crippen LogP contribution in [0.1, 0.15) is 54.9 Å². The molecule has 140 valence electrons. The lowest BCUT2D eigenvalue weighted by atomic mass is 10.0. The van der Waals surface area contributed by atoms with Crippen molar-refractivity contribution in [2.75, 3.05) is 32.8 Å². The first-order valence-electron chi connectivity index (χ1n) is 9.82. The van der Waals surface area contributed by atoms with Crippen LogP contribution in [0.2, 0.25) is 0 Å². The molecule has 25 heavy (non-hydrogen) atoms. The lowest BCUT2D eigenvalue weighted by molar-refractivity contribution is -0.0764. The fourth-order valence-corrected chi connectivity index (χ4v) is 3.99. The van der Waals surface area contributed by atoms with Crippen LogP contribution in [0.15, 0.2) is 18.2 Å². The van der Waals surface area contributed by atoms with Crippen molar-refractivity contribution in [3.05, 3.63) is 34.9 Å². The summed E-state index contributed by atoms with van der Waals surface area (Å²) in [5.41, 5.74) is 3.46. The third kappa shape index (κ3) is 5.78. The summed E-state index contributed by atoms with van der Waals surface area (Å²) < 4.78 is 11.8. The van der Waals surface area contributed by atoms with Crippen LogP contribution in [0.5, 0.6) is 0 Å². The van der Waals surface area contributed by atoms with E-state index >= 15 is 0 Å². The average molecular weight is 347 g/mol.